The Labute approximate surface area is 172 Å². The average molecular weight is 416 g/mol. The summed E-state index contributed by atoms with van der Waals surface area (Å²) in [7, 11) is 0. The van der Waals surface area contributed by atoms with Crippen LogP contribution in [0.2, 0.25) is 0 Å². The third kappa shape index (κ3) is 3.35. The number of benzene rings is 2. The van der Waals surface area contributed by atoms with Gasteiger partial charge in [0.1, 0.15) is 5.88 Å². The molecule has 0 saturated carbocycles. The van der Waals surface area contributed by atoms with Crippen molar-refractivity contribution in [3.63, 3.8) is 0 Å². The number of anilines is 1. The highest BCUT2D eigenvalue weighted by atomic mass is 35.5. The highest BCUT2D eigenvalue weighted by molar-refractivity contribution is 6.29. The number of hydrogen-bond acceptors (Lipinski definition) is 3. The molecule has 0 radical (unpaired) electrons. The van der Waals surface area contributed by atoms with E-state index in [1.807, 2.05) is 31.2 Å². The van der Waals surface area contributed by atoms with Crippen molar-refractivity contribution in [1.29, 1.82) is 0 Å². The Balaban J connectivity index is 1.83. The third-order valence-corrected chi connectivity index (χ3v) is 5.83. The van der Waals surface area contributed by atoms with Gasteiger partial charge in [-0.25, -0.2) is 18.7 Å². The molecule has 1 amide bonds. The van der Waals surface area contributed by atoms with Crippen LogP contribution in [0.1, 0.15) is 34.4 Å². The van der Waals surface area contributed by atoms with Crippen molar-refractivity contribution in [2.75, 3.05) is 10.8 Å². The fraction of sp³-hybridized carbons (Fsp3) is 0.318. The van der Waals surface area contributed by atoms with Gasteiger partial charge in [0, 0.05) is 10.9 Å². The molecule has 0 atom stereocenters. The molecule has 2 aromatic carbocycles. The van der Waals surface area contributed by atoms with Crippen LogP contribution < -0.4 is 4.90 Å². The topological polar surface area (TPSA) is 46.1 Å². The lowest BCUT2D eigenvalue weighted by atomic mass is 9.97. The predicted octanol–water partition coefficient (Wildman–Crippen LogP) is 4.79. The Bertz CT molecular complexity index is 1130. The van der Waals surface area contributed by atoms with Gasteiger partial charge in [-0.1, -0.05) is 18.2 Å². The molecule has 29 heavy (non-hydrogen) atoms. The minimum absolute atomic E-state index is 0.131. The minimum Gasteiger partial charge on any atom is -0.275 e. The molecule has 1 aliphatic carbocycles. The van der Waals surface area contributed by atoms with Crippen molar-refractivity contribution in [1.82, 2.24) is 9.97 Å². The summed E-state index contributed by atoms with van der Waals surface area (Å²) in [5.74, 6) is -2.38. The van der Waals surface area contributed by atoms with E-state index in [0.29, 0.717) is 35.2 Å². The molecule has 4 rings (SSSR count). The Morgan fingerprint density at radius 3 is 2.59 bits per heavy atom. The molecular formula is C22H20ClF2N3O. The molecule has 150 valence electrons. The van der Waals surface area contributed by atoms with E-state index in [2.05, 4.69) is 9.97 Å². The van der Waals surface area contributed by atoms with Crippen molar-refractivity contribution in [3.05, 3.63) is 63.8 Å². The highest BCUT2D eigenvalue weighted by Crippen LogP contribution is 2.33. The first-order valence-corrected chi connectivity index (χ1v) is 10.0. The number of carbonyl (C=O) groups excluding carboxylic acids is 1. The standard InChI is InChI=1S/C22H20ClF2N3O/c1-12-14-7-5-8-16(14)20(24)21(25)17(12)11-28(19(29)10-23)22-26-13(2)15-6-3-4-9-18(15)27-22/h3-4,6,9H,5,7-8,10-11H2,1-2H3. The lowest BCUT2D eigenvalue weighted by Gasteiger charge is -2.23. The molecule has 7 heteroatoms. The largest absolute Gasteiger partial charge is 0.275 e. The Hall–Kier alpha value is -2.60. The highest BCUT2D eigenvalue weighted by Gasteiger charge is 2.28. The van der Waals surface area contributed by atoms with E-state index in [9.17, 15) is 13.6 Å². The number of alkyl halides is 1. The lowest BCUT2D eigenvalue weighted by molar-refractivity contribution is -0.116. The lowest BCUT2D eigenvalue weighted by Crippen LogP contribution is -2.34. The number of nitrogens with zero attached hydrogens (tertiary/aromatic N) is 3. The van der Waals surface area contributed by atoms with E-state index < -0.39 is 17.5 Å². The Kier molecular flexibility index (Phi) is 5.21. The van der Waals surface area contributed by atoms with Gasteiger partial charge in [-0.15, -0.1) is 11.6 Å². The van der Waals surface area contributed by atoms with Crippen LogP contribution in [0, 0.1) is 25.5 Å². The number of fused-ring (bicyclic) bond motifs is 2. The zero-order chi connectivity index (χ0) is 20.7. The van der Waals surface area contributed by atoms with Gasteiger partial charge in [0.2, 0.25) is 11.9 Å². The van der Waals surface area contributed by atoms with Crippen molar-refractivity contribution in [2.24, 2.45) is 0 Å². The molecule has 0 saturated heterocycles. The summed E-state index contributed by atoms with van der Waals surface area (Å²) in [6.45, 7) is 3.42. The van der Waals surface area contributed by atoms with Gasteiger partial charge >= 0.3 is 0 Å². The van der Waals surface area contributed by atoms with E-state index in [0.717, 1.165) is 17.4 Å². The van der Waals surface area contributed by atoms with E-state index in [4.69, 9.17) is 11.6 Å². The second-order valence-corrected chi connectivity index (χ2v) is 7.55. The van der Waals surface area contributed by atoms with Crippen molar-refractivity contribution in [2.45, 2.75) is 39.7 Å². The molecule has 0 aliphatic heterocycles. The number of para-hydroxylation sites is 1. The number of carbonyl (C=O) groups is 1. The molecule has 1 aromatic heterocycles. The number of aromatic nitrogens is 2. The summed E-state index contributed by atoms with van der Waals surface area (Å²) in [5.41, 5.74) is 3.48. The summed E-state index contributed by atoms with van der Waals surface area (Å²) in [6.07, 6.45) is 2.05. The first-order chi connectivity index (χ1) is 13.9. The van der Waals surface area contributed by atoms with Gasteiger partial charge in [0.25, 0.3) is 0 Å². The summed E-state index contributed by atoms with van der Waals surface area (Å²) < 4.78 is 29.5. The van der Waals surface area contributed by atoms with Crippen LogP contribution in [0.15, 0.2) is 24.3 Å². The SMILES string of the molecule is Cc1c(CN(C(=O)CCl)c2nc(C)c3ccccc3n2)c(F)c(F)c2c1CCC2. The van der Waals surface area contributed by atoms with E-state index in [1.165, 1.54) is 4.90 Å². The molecule has 1 heterocycles. The number of halogens is 3. The number of rotatable bonds is 4. The molecule has 0 unspecified atom stereocenters. The van der Waals surface area contributed by atoms with E-state index in [-0.39, 0.29) is 23.9 Å². The quantitative estimate of drug-likeness (QED) is 0.576. The fourth-order valence-electron chi connectivity index (χ4n) is 4.04. The zero-order valence-corrected chi connectivity index (χ0v) is 17.0. The van der Waals surface area contributed by atoms with Crippen LogP contribution in [0.25, 0.3) is 10.9 Å². The molecule has 0 fully saturated rings. The monoisotopic (exact) mass is 415 g/mol. The third-order valence-electron chi connectivity index (χ3n) is 5.60. The van der Waals surface area contributed by atoms with Crippen LogP contribution in [0.5, 0.6) is 0 Å². The second kappa shape index (κ2) is 7.67. The average Bonchev–Trinajstić information content (AvgIpc) is 3.22. The molecule has 4 nitrogen and oxygen atoms in total. The maximum Gasteiger partial charge on any atom is 0.244 e. The number of aryl methyl sites for hydroxylation is 1. The Morgan fingerprint density at radius 2 is 1.83 bits per heavy atom. The number of hydrogen-bond donors (Lipinski definition) is 0. The summed E-state index contributed by atoms with van der Waals surface area (Å²) >= 11 is 5.81. The van der Waals surface area contributed by atoms with Crippen LogP contribution in [-0.2, 0) is 24.2 Å². The van der Waals surface area contributed by atoms with Gasteiger partial charge in [-0.3, -0.25) is 9.69 Å². The van der Waals surface area contributed by atoms with Gasteiger partial charge in [-0.05, 0) is 55.9 Å². The van der Waals surface area contributed by atoms with Crippen LogP contribution in [0.3, 0.4) is 0 Å². The molecule has 0 spiro atoms. The smallest absolute Gasteiger partial charge is 0.244 e. The molecule has 0 N–H and O–H groups in total. The number of amides is 1. The molecule has 0 bridgehead atoms. The summed E-state index contributed by atoms with van der Waals surface area (Å²) in [6, 6.07) is 7.43. The normalized spacial score (nSPS) is 13.0. The summed E-state index contributed by atoms with van der Waals surface area (Å²) in [5, 5.41) is 0.862. The van der Waals surface area contributed by atoms with Gasteiger partial charge in [-0.2, -0.15) is 0 Å². The van der Waals surface area contributed by atoms with Crippen LogP contribution in [0.4, 0.5) is 14.7 Å². The van der Waals surface area contributed by atoms with Gasteiger partial charge in [0.15, 0.2) is 11.6 Å². The van der Waals surface area contributed by atoms with Gasteiger partial charge in [0.05, 0.1) is 17.8 Å². The van der Waals surface area contributed by atoms with Crippen LogP contribution in [-0.4, -0.2) is 21.8 Å². The minimum atomic E-state index is -0.909. The summed E-state index contributed by atoms with van der Waals surface area (Å²) in [4.78, 5) is 22.8. The zero-order valence-electron chi connectivity index (χ0n) is 16.2. The van der Waals surface area contributed by atoms with Crippen molar-refractivity contribution >= 4 is 34.4 Å². The first-order valence-electron chi connectivity index (χ1n) is 9.50. The van der Waals surface area contributed by atoms with Crippen molar-refractivity contribution < 1.29 is 13.6 Å². The predicted molar refractivity (Wildman–Crippen MR) is 109 cm³/mol. The van der Waals surface area contributed by atoms with Crippen LogP contribution >= 0.6 is 11.6 Å². The van der Waals surface area contributed by atoms with E-state index >= 15 is 0 Å². The Morgan fingerprint density at radius 1 is 1.10 bits per heavy atom. The molecule has 3 aromatic rings. The molecule has 1 aliphatic rings. The maximum atomic E-state index is 14.9. The second-order valence-electron chi connectivity index (χ2n) is 7.28. The first kappa shape index (κ1) is 19.7. The van der Waals surface area contributed by atoms with E-state index in [1.54, 1.807) is 6.92 Å². The maximum absolute atomic E-state index is 14.9. The fourth-order valence-corrected chi connectivity index (χ4v) is 4.19. The molecular weight excluding hydrogens is 396 g/mol. The van der Waals surface area contributed by atoms with Gasteiger partial charge < -0.3 is 0 Å². The van der Waals surface area contributed by atoms with Crippen molar-refractivity contribution in [3.8, 4) is 0 Å².